The summed E-state index contributed by atoms with van der Waals surface area (Å²) in [7, 11) is -3.42. The molecule has 0 aliphatic carbocycles. The van der Waals surface area contributed by atoms with Crippen LogP contribution in [0.1, 0.15) is 18.9 Å². The lowest BCUT2D eigenvalue weighted by Gasteiger charge is -2.38. The summed E-state index contributed by atoms with van der Waals surface area (Å²) in [5.74, 6) is 1.55. The minimum absolute atomic E-state index is 0.159. The number of fused-ring (bicyclic) bond motifs is 3. The van der Waals surface area contributed by atoms with E-state index >= 15 is 0 Å². The van der Waals surface area contributed by atoms with Gasteiger partial charge in [-0.1, -0.05) is 6.08 Å². The van der Waals surface area contributed by atoms with Crippen molar-refractivity contribution in [2.24, 2.45) is 4.99 Å². The van der Waals surface area contributed by atoms with E-state index in [-0.39, 0.29) is 6.04 Å². The highest BCUT2D eigenvalue weighted by molar-refractivity contribution is 7.92. The number of hydrogen-bond donors (Lipinski definition) is 0. The molecule has 1 atom stereocenters. The molecule has 5 heterocycles. The molecule has 0 unspecified atom stereocenters. The van der Waals surface area contributed by atoms with Crippen molar-refractivity contribution < 1.29 is 13.2 Å². The summed E-state index contributed by atoms with van der Waals surface area (Å²) in [5, 5.41) is 5.26. The van der Waals surface area contributed by atoms with Crippen LogP contribution >= 0.6 is 0 Å². The minimum Gasteiger partial charge on any atom is -0.377 e. The van der Waals surface area contributed by atoms with Crippen LogP contribution in [-0.4, -0.2) is 74.2 Å². The summed E-state index contributed by atoms with van der Waals surface area (Å²) in [6.45, 7) is 5.16. The molecule has 3 aliphatic rings. The van der Waals surface area contributed by atoms with Crippen LogP contribution in [0.3, 0.4) is 0 Å². The molecule has 1 fully saturated rings. The molecule has 2 aromatic heterocycles. The highest BCUT2D eigenvalue weighted by atomic mass is 32.2. The average Bonchev–Trinajstić information content (AvgIpc) is 3.36. The van der Waals surface area contributed by atoms with Crippen molar-refractivity contribution in [3.63, 3.8) is 0 Å². The summed E-state index contributed by atoms with van der Waals surface area (Å²) in [6.07, 6.45) is 8.41. The number of pyridine rings is 1. The molecule has 154 valence electrons. The molecular weight excluding hydrogens is 392 g/mol. The number of anilines is 2. The monoisotopic (exact) mass is 416 g/mol. The van der Waals surface area contributed by atoms with Crippen molar-refractivity contribution in [3.8, 4) is 0 Å². The minimum atomic E-state index is -3.42. The third-order valence-electron chi connectivity index (χ3n) is 5.69. The topological polar surface area (TPSA) is 92.9 Å². The summed E-state index contributed by atoms with van der Waals surface area (Å²) in [5.41, 5.74) is 2.33. The van der Waals surface area contributed by atoms with Gasteiger partial charge >= 0.3 is 0 Å². The standard InChI is InChI=1S/C19H24N6O3S/c1-13-12-28-10-9-23(13)18-14-5-4-8-24(29(2,26)27)17(14)15-11-21-25(19(15)22-18)16-6-3-7-20-16/h3,6,11,13H,4-5,7-10,12H2,1-2H3/t13-/m1/s1. The summed E-state index contributed by atoms with van der Waals surface area (Å²) >= 11 is 0. The number of aromatic nitrogens is 3. The van der Waals surface area contributed by atoms with Crippen LogP contribution in [0.25, 0.3) is 11.0 Å². The molecule has 9 nitrogen and oxygen atoms in total. The Morgan fingerprint density at radius 1 is 1.28 bits per heavy atom. The fraction of sp³-hybridized carbons (Fsp3) is 0.526. The molecule has 0 bridgehead atoms. The predicted octanol–water partition coefficient (Wildman–Crippen LogP) is 1.19. The third-order valence-corrected chi connectivity index (χ3v) is 6.85. The van der Waals surface area contributed by atoms with Crippen molar-refractivity contribution in [3.05, 3.63) is 23.9 Å². The number of aliphatic imine (C=N–C) groups is 1. The van der Waals surface area contributed by atoms with Crippen LogP contribution in [0.5, 0.6) is 0 Å². The van der Waals surface area contributed by atoms with E-state index in [0.717, 1.165) is 42.0 Å². The zero-order valence-corrected chi connectivity index (χ0v) is 17.4. The highest BCUT2D eigenvalue weighted by Crippen LogP contribution is 2.41. The first-order chi connectivity index (χ1) is 13.9. The van der Waals surface area contributed by atoms with Crippen molar-refractivity contribution in [2.45, 2.75) is 25.8 Å². The van der Waals surface area contributed by atoms with Gasteiger partial charge in [0, 0.05) is 18.7 Å². The van der Waals surface area contributed by atoms with Crippen LogP contribution < -0.4 is 9.21 Å². The molecular formula is C19H24N6O3S. The van der Waals surface area contributed by atoms with Gasteiger partial charge in [-0.25, -0.2) is 13.4 Å². The van der Waals surface area contributed by atoms with Crippen molar-refractivity contribution in [1.82, 2.24) is 14.8 Å². The van der Waals surface area contributed by atoms with E-state index in [0.29, 0.717) is 37.6 Å². The van der Waals surface area contributed by atoms with Crippen molar-refractivity contribution in [1.29, 1.82) is 0 Å². The van der Waals surface area contributed by atoms with E-state index in [1.165, 1.54) is 10.6 Å². The second-order valence-electron chi connectivity index (χ2n) is 7.71. The van der Waals surface area contributed by atoms with E-state index in [1.807, 2.05) is 12.2 Å². The van der Waals surface area contributed by atoms with Crippen LogP contribution in [0.4, 0.5) is 11.5 Å². The smallest absolute Gasteiger partial charge is 0.232 e. The molecule has 0 spiro atoms. The molecule has 0 amide bonds. The molecule has 2 aromatic rings. The van der Waals surface area contributed by atoms with Crippen LogP contribution in [0.2, 0.25) is 0 Å². The second kappa shape index (κ2) is 6.81. The van der Waals surface area contributed by atoms with Gasteiger partial charge in [0.2, 0.25) is 10.0 Å². The first-order valence-corrected chi connectivity index (χ1v) is 11.7. The number of allylic oxidation sites excluding steroid dienone is 1. The molecule has 3 aliphatic heterocycles. The zero-order chi connectivity index (χ0) is 20.2. The normalized spacial score (nSPS) is 22.3. The van der Waals surface area contributed by atoms with Crippen LogP contribution in [-0.2, 0) is 21.2 Å². The molecule has 10 heteroatoms. The summed E-state index contributed by atoms with van der Waals surface area (Å²) < 4.78 is 34.1. The van der Waals surface area contributed by atoms with Gasteiger partial charge in [-0.2, -0.15) is 9.78 Å². The largest absolute Gasteiger partial charge is 0.377 e. The number of sulfonamides is 1. The fourth-order valence-electron chi connectivity index (χ4n) is 4.35. The average molecular weight is 417 g/mol. The Hall–Kier alpha value is -2.46. The van der Waals surface area contributed by atoms with E-state index in [2.05, 4.69) is 21.9 Å². The highest BCUT2D eigenvalue weighted by Gasteiger charge is 2.33. The van der Waals surface area contributed by atoms with Gasteiger partial charge in [-0.05, 0) is 25.8 Å². The van der Waals surface area contributed by atoms with E-state index in [4.69, 9.17) is 9.72 Å². The van der Waals surface area contributed by atoms with E-state index in [1.54, 1.807) is 10.9 Å². The fourth-order valence-corrected chi connectivity index (χ4v) is 5.35. The molecule has 5 rings (SSSR count). The van der Waals surface area contributed by atoms with E-state index in [9.17, 15) is 8.42 Å². The Balaban J connectivity index is 1.80. The molecule has 0 N–H and O–H groups in total. The van der Waals surface area contributed by atoms with Gasteiger partial charge < -0.3 is 9.64 Å². The number of nitrogens with zero attached hydrogens (tertiary/aromatic N) is 6. The number of ether oxygens (including phenoxy) is 1. The lowest BCUT2D eigenvalue weighted by molar-refractivity contribution is 0.0984. The Bertz CT molecular complexity index is 1140. The number of rotatable bonds is 2. The molecule has 0 aromatic carbocycles. The van der Waals surface area contributed by atoms with Gasteiger partial charge in [0.15, 0.2) is 11.5 Å². The summed E-state index contributed by atoms with van der Waals surface area (Å²) in [4.78, 5) is 11.7. The maximum atomic E-state index is 12.6. The Labute approximate surface area is 169 Å². The SMILES string of the molecule is C[C@@H]1COCCN1c1nc2c(cnn2C2=NCC=C2)c2c1CCCN2S(C)(=O)=O. The zero-order valence-electron chi connectivity index (χ0n) is 16.6. The first kappa shape index (κ1) is 18.6. The van der Waals surface area contributed by atoms with E-state index < -0.39 is 10.0 Å². The van der Waals surface area contributed by atoms with Gasteiger partial charge in [0.25, 0.3) is 0 Å². The quantitative estimate of drug-likeness (QED) is 0.730. The lowest BCUT2D eigenvalue weighted by Crippen LogP contribution is -2.45. The second-order valence-corrected chi connectivity index (χ2v) is 9.62. The first-order valence-electron chi connectivity index (χ1n) is 9.89. The van der Waals surface area contributed by atoms with Gasteiger partial charge in [0.1, 0.15) is 5.82 Å². The molecule has 0 radical (unpaired) electrons. The lowest BCUT2D eigenvalue weighted by atomic mass is 10.0. The molecule has 0 saturated carbocycles. The van der Waals surface area contributed by atoms with Gasteiger partial charge in [0.05, 0.1) is 49.3 Å². The molecule has 1 saturated heterocycles. The van der Waals surface area contributed by atoms with Gasteiger partial charge in [-0.3, -0.25) is 9.30 Å². The maximum Gasteiger partial charge on any atom is 0.232 e. The Morgan fingerprint density at radius 2 is 2.14 bits per heavy atom. The van der Waals surface area contributed by atoms with Crippen LogP contribution in [0.15, 0.2) is 23.3 Å². The Morgan fingerprint density at radius 3 is 2.86 bits per heavy atom. The molecule has 29 heavy (non-hydrogen) atoms. The van der Waals surface area contributed by atoms with Crippen molar-refractivity contribution >= 4 is 38.4 Å². The van der Waals surface area contributed by atoms with Crippen molar-refractivity contribution in [2.75, 3.05) is 48.3 Å². The van der Waals surface area contributed by atoms with Gasteiger partial charge in [-0.15, -0.1) is 0 Å². The van der Waals surface area contributed by atoms with Crippen LogP contribution in [0, 0.1) is 0 Å². The third kappa shape index (κ3) is 3.01. The summed E-state index contributed by atoms with van der Waals surface area (Å²) in [6, 6.07) is 0.159. The number of hydrogen-bond acceptors (Lipinski definition) is 7. The predicted molar refractivity (Wildman–Crippen MR) is 113 cm³/mol. The number of morpholine rings is 1. The maximum absolute atomic E-state index is 12.6. The Kier molecular flexibility index (Phi) is 4.36.